The molecule has 1 fully saturated rings. The summed E-state index contributed by atoms with van der Waals surface area (Å²) in [5, 5.41) is 12.2. The predicted octanol–water partition coefficient (Wildman–Crippen LogP) is 3.25. The molecule has 2 unspecified atom stereocenters. The molecule has 2 atom stereocenters. The number of likely N-dealkylation sites (tertiary alicyclic amines) is 1. The number of carboxylic acid groups (broad SMARTS) is 1. The van der Waals surface area contributed by atoms with Crippen LogP contribution >= 0.6 is 0 Å². The quantitative estimate of drug-likeness (QED) is 0.619. The minimum absolute atomic E-state index is 0.000882. The van der Waals surface area contributed by atoms with Crippen molar-refractivity contribution in [2.45, 2.75) is 31.3 Å². The van der Waals surface area contributed by atoms with Crippen LogP contribution in [0.5, 0.6) is 0 Å². The summed E-state index contributed by atoms with van der Waals surface area (Å²) in [5.74, 6) is -1.77. The van der Waals surface area contributed by atoms with Gasteiger partial charge in [-0.05, 0) is 28.7 Å². The van der Waals surface area contributed by atoms with E-state index in [0.29, 0.717) is 13.0 Å². The third-order valence-electron chi connectivity index (χ3n) is 7.00. The summed E-state index contributed by atoms with van der Waals surface area (Å²) < 4.78 is 10.7. The average Bonchev–Trinajstić information content (AvgIpc) is 3.44. The Labute approximate surface area is 198 Å². The largest absolute Gasteiger partial charge is 0.479 e. The molecule has 4 rings (SSSR count). The van der Waals surface area contributed by atoms with Gasteiger partial charge in [-0.25, -0.2) is 9.59 Å². The fraction of sp³-hybridized carbons (Fsp3) is 0.423. The number of hydrogen-bond donors (Lipinski definition) is 2. The zero-order valence-corrected chi connectivity index (χ0v) is 19.5. The number of methoxy groups -OCH3 is 1. The number of carbonyl (C=O) groups excluding carboxylic acids is 2. The fourth-order valence-corrected chi connectivity index (χ4v) is 4.92. The van der Waals surface area contributed by atoms with Gasteiger partial charge in [0.25, 0.3) is 0 Å². The topological polar surface area (TPSA) is 105 Å². The highest BCUT2D eigenvalue weighted by atomic mass is 16.5. The van der Waals surface area contributed by atoms with Gasteiger partial charge >= 0.3 is 12.1 Å². The van der Waals surface area contributed by atoms with E-state index in [4.69, 9.17) is 9.47 Å². The second-order valence-electron chi connectivity index (χ2n) is 8.82. The Balaban J connectivity index is 1.32. The van der Waals surface area contributed by atoms with Crippen LogP contribution in [-0.2, 0) is 19.1 Å². The standard InChI is InChI=1S/C26H30N2O6/c1-3-17(23(29)28-13-12-26(16-28,33-2)24(30)31)14-27-25(32)34-15-22-20-10-6-4-8-18(20)19-9-5-7-11-21(19)22/h4-11,17,22H,3,12-16H2,1-2H3,(H,27,32)(H,30,31). The zero-order chi connectivity index (χ0) is 24.3. The van der Waals surface area contributed by atoms with Gasteiger partial charge in [0, 0.05) is 32.5 Å². The molecule has 2 amide bonds. The molecule has 0 aromatic heterocycles. The highest BCUT2D eigenvalue weighted by Crippen LogP contribution is 2.44. The van der Waals surface area contributed by atoms with Gasteiger partial charge in [0.05, 0.1) is 12.5 Å². The molecule has 0 spiro atoms. The first kappa shape index (κ1) is 23.8. The summed E-state index contributed by atoms with van der Waals surface area (Å²) in [6.45, 7) is 2.49. The number of fused-ring (bicyclic) bond motifs is 3. The summed E-state index contributed by atoms with van der Waals surface area (Å²) in [6, 6.07) is 16.2. The lowest BCUT2D eigenvalue weighted by molar-refractivity contribution is -0.161. The van der Waals surface area contributed by atoms with Gasteiger partial charge in [0.2, 0.25) is 5.91 Å². The smallest absolute Gasteiger partial charge is 0.407 e. The van der Waals surface area contributed by atoms with Crippen molar-refractivity contribution in [3.05, 3.63) is 59.7 Å². The van der Waals surface area contributed by atoms with Crippen LogP contribution in [0.3, 0.4) is 0 Å². The van der Waals surface area contributed by atoms with Crippen molar-refractivity contribution >= 4 is 18.0 Å². The Bertz CT molecular complexity index is 1040. The van der Waals surface area contributed by atoms with E-state index in [0.717, 1.165) is 22.3 Å². The van der Waals surface area contributed by atoms with E-state index in [1.165, 1.54) is 12.0 Å². The van der Waals surface area contributed by atoms with E-state index in [2.05, 4.69) is 29.6 Å². The van der Waals surface area contributed by atoms with Gasteiger partial charge in [-0.3, -0.25) is 4.79 Å². The van der Waals surface area contributed by atoms with Crippen LogP contribution in [0.25, 0.3) is 11.1 Å². The van der Waals surface area contributed by atoms with Gasteiger partial charge in [0.15, 0.2) is 5.60 Å². The first-order valence-electron chi connectivity index (χ1n) is 11.6. The number of alkyl carbamates (subject to hydrolysis) is 1. The van der Waals surface area contributed by atoms with Gasteiger partial charge in [-0.2, -0.15) is 0 Å². The molecule has 0 saturated carbocycles. The number of benzene rings is 2. The summed E-state index contributed by atoms with van der Waals surface area (Å²) in [5.41, 5.74) is 3.21. The lowest BCUT2D eigenvalue weighted by Crippen LogP contribution is -2.46. The monoisotopic (exact) mass is 466 g/mol. The summed E-state index contributed by atoms with van der Waals surface area (Å²) in [7, 11) is 1.35. The molecule has 8 heteroatoms. The normalized spacial score (nSPS) is 19.9. The number of aliphatic carboxylic acids is 1. The second-order valence-corrected chi connectivity index (χ2v) is 8.82. The van der Waals surface area contributed by atoms with E-state index >= 15 is 0 Å². The van der Waals surface area contributed by atoms with Gasteiger partial charge in [-0.1, -0.05) is 55.5 Å². The predicted molar refractivity (Wildman–Crippen MR) is 125 cm³/mol. The number of nitrogens with zero attached hydrogens (tertiary/aromatic N) is 1. The van der Waals surface area contributed by atoms with Crippen LogP contribution in [0.1, 0.15) is 36.8 Å². The molecule has 8 nitrogen and oxygen atoms in total. The first-order chi connectivity index (χ1) is 16.4. The molecule has 1 saturated heterocycles. The summed E-state index contributed by atoms with van der Waals surface area (Å²) in [6.07, 6.45) is 0.165. The molecule has 34 heavy (non-hydrogen) atoms. The highest BCUT2D eigenvalue weighted by molar-refractivity contribution is 5.84. The van der Waals surface area contributed by atoms with Gasteiger partial charge in [0.1, 0.15) is 6.61 Å². The first-order valence-corrected chi connectivity index (χ1v) is 11.6. The molecule has 2 aromatic carbocycles. The molecule has 2 N–H and O–H groups in total. The third kappa shape index (κ3) is 4.37. The van der Waals surface area contributed by atoms with E-state index in [9.17, 15) is 19.5 Å². The molecule has 1 aliphatic carbocycles. The Kier molecular flexibility index (Phi) is 6.88. The van der Waals surface area contributed by atoms with Crippen LogP contribution in [0.15, 0.2) is 48.5 Å². The maximum absolute atomic E-state index is 12.9. The van der Waals surface area contributed by atoms with Crippen LogP contribution in [0.2, 0.25) is 0 Å². The van der Waals surface area contributed by atoms with Gasteiger partial charge in [-0.15, -0.1) is 0 Å². The van der Waals surface area contributed by atoms with Crippen molar-refractivity contribution in [3.63, 3.8) is 0 Å². The molecule has 0 bridgehead atoms. The Morgan fingerprint density at radius 1 is 1.12 bits per heavy atom. The Morgan fingerprint density at radius 3 is 2.26 bits per heavy atom. The molecule has 1 heterocycles. The SMILES string of the molecule is CCC(CNC(=O)OCC1c2ccccc2-c2ccccc21)C(=O)N1CCC(OC)(C(=O)O)C1. The van der Waals surface area contributed by atoms with Crippen molar-refractivity contribution in [3.8, 4) is 11.1 Å². The van der Waals surface area contributed by atoms with Gasteiger partial charge < -0.3 is 24.8 Å². The maximum atomic E-state index is 12.9. The number of carbonyl (C=O) groups is 3. The Hall–Kier alpha value is -3.39. The van der Waals surface area contributed by atoms with Crippen LogP contribution < -0.4 is 5.32 Å². The molecule has 0 radical (unpaired) electrons. The fourth-order valence-electron chi connectivity index (χ4n) is 4.92. The van der Waals surface area contributed by atoms with E-state index in [1.54, 1.807) is 0 Å². The number of amides is 2. The van der Waals surface area contributed by atoms with E-state index in [-0.39, 0.29) is 37.9 Å². The number of hydrogen-bond acceptors (Lipinski definition) is 5. The molecular weight excluding hydrogens is 436 g/mol. The van der Waals surface area contributed by atoms with Crippen LogP contribution in [0.4, 0.5) is 4.79 Å². The lowest BCUT2D eigenvalue weighted by atomic mass is 9.98. The number of nitrogens with one attached hydrogen (secondary N) is 1. The molecule has 2 aliphatic rings. The van der Waals surface area contributed by atoms with E-state index < -0.39 is 23.6 Å². The Morgan fingerprint density at radius 2 is 1.74 bits per heavy atom. The summed E-state index contributed by atoms with van der Waals surface area (Å²) >= 11 is 0. The van der Waals surface area contributed by atoms with E-state index in [1.807, 2.05) is 31.2 Å². The minimum Gasteiger partial charge on any atom is -0.479 e. The molecule has 2 aromatic rings. The minimum atomic E-state index is -1.37. The number of rotatable bonds is 8. The second kappa shape index (κ2) is 9.85. The third-order valence-corrected chi connectivity index (χ3v) is 7.00. The molecular formula is C26H30N2O6. The average molecular weight is 467 g/mol. The van der Waals surface area contributed by atoms with Crippen molar-refractivity contribution in [1.82, 2.24) is 10.2 Å². The zero-order valence-electron chi connectivity index (χ0n) is 19.5. The highest BCUT2D eigenvalue weighted by Gasteiger charge is 2.47. The molecule has 180 valence electrons. The van der Waals surface area contributed by atoms with Crippen molar-refractivity contribution in [1.29, 1.82) is 0 Å². The summed E-state index contributed by atoms with van der Waals surface area (Å²) in [4.78, 5) is 38.5. The van der Waals surface area contributed by atoms with Crippen molar-refractivity contribution < 1.29 is 29.0 Å². The number of ether oxygens (including phenoxy) is 2. The molecule has 1 aliphatic heterocycles. The van der Waals surface area contributed by atoms with Crippen molar-refractivity contribution in [2.75, 3.05) is 33.4 Å². The number of carboxylic acids is 1. The maximum Gasteiger partial charge on any atom is 0.407 e. The van der Waals surface area contributed by atoms with Crippen molar-refractivity contribution in [2.24, 2.45) is 5.92 Å². The van der Waals surface area contributed by atoms with Crippen LogP contribution in [-0.4, -0.2) is 66.9 Å². The van der Waals surface area contributed by atoms with Crippen LogP contribution in [0, 0.1) is 5.92 Å². The lowest BCUT2D eigenvalue weighted by Gasteiger charge is -2.25.